The molecule has 0 atom stereocenters. The summed E-state index contributed by atoms with van der Waals surface area (Å²) in [6, 6.07) is 2.26. The van der Waals surface area contributed by atoms with Crippen LogP contribution in [0.25, 0.3) is 0 Å². The number of aromatic nitrogens is 1. The zero-order chi connectivity index (χ0) is 13.7. The molecule has 0 unspecified atom stereocenters. The van der Waals surface area contributed by atoms with E-state index in [1.54, 1.807) is 6.20 Å². The molecule has 1 saturated carbocycles. The van der Waals surface area contributed by atoms with Gasteiger partial charge in [-0.3, -0.25) is 0 Å². The van der Waals surface area contributed by atoms with E-state index in [1.165, 1.54) is 19.3 Å². The maximum atomic E-state index is 9.28. The third-order valence-corrected chi connectivity index (χ3v) is 4.08. The van der Waals surface area contributed by atoms with Crippen molar-refractivity contribution in [3.05, 3.63) is 22.8 Å². The van der Waals surface area contributed by atoms with Gasteiger partial charge in [-0.2, -0.15) is 0 Å². The average molecular weight is 285 g/mol. The van der Waals surface area contributed by atoms with E-state index in [-0.39, 0.29) is 13.2 Å². The first kappa shape index (κ1) is 14.6. The number of anilines is 1. The average Bonchev–Trinajstić information content (AvgIpc) is 2.46. The van der Waals surface area contributed by atoms with Crippen LogP contribution >= 0.6 is 11.6 Å². The Hall–Kier alpha value is -0.840. The second-order valence-electron chi connectivity index (χ2n) is 5.00. The van der Waals surface area contributed by atoms with Gasteiger partial charge in [0.1, 0.15) is 5.82 Å². The number of hydrogen-bond acceptors (Lipinski definition) is 4. The molecule has 1 heterocycles. The summed E-state index contributed by atoms with van der Waals surface area (Å²) in [6.07, 6.45) is 7.60. The molecule has 0 spiro atoms. The maximum absolute atomic E-state index is 9.28. The third-order valence-electron chi connectivity index (χ3n) is 3.74. The van der Waals surface area contributed by atoms with E-state index < -0.39 is 0 Å². The van der Waals surface area contributed by atoms with Gasteiger partial charge in [-0.1, -0.05) is 30.9 Å². The molecule has 0 bridgehead atoms. The largest absolute Gasteiger partial charge is 0.395 e. The number of aliphatic hydroxyl groups excluding tert-OH is 2. The van der Waals surface area contributed by atoms with Gasteiger partial charge in [-0.25, -0.2) is 4.98 Å². The van der Waals surface area contributed by atoms with Crippen LogP contribution in [0.15, 0.2) is 12.3 Å². The van der Waals surface area contributed by atoms with Gasteiger partial charge >= 0.3 is 0 Å². The Morgan fingerprint density at radius 1 is 1.26 bits per heavy atom. The number of rotatable bonds is 5. The lowest BCUT2D eigenvalue weighted by atomic mass is 9.94. The SMILES string of the molecule is OCCN(c1cc(CO)c(Cl)cn1)C1CCCCC1. The molecule has 0 radical (unpaired) electrons. The lowest BCUT2D eigenvalue weighted by Gasteiger charge is -2.35. The number of pyridine rings is 1. The molecule has 0 aliphatic heterocycles. The van der Waals surface area contributed by atoms with E-state index in [4.69, 9.17) is 11.6 Å². The molecule has 0 aromatic carbocycles. The summed E-state index contributed by atoms with van der Waals surface area (Å²) in [6.45, 7) is 0.589. The zero-order valence-corrected chi connectivity index (χ0v) is 11.8. The third kappa shape index (κ3) is 3.59. The number of aliphatic hydroxyl groups is 2. The Bertz CT molecular complexity index is 408. The lowest BCUT2D eigenvalue weighted by molar-refractivity contribution is 0.281. The minimum Gasteiger partial charge on any atom is -0.395 e. The van der Waals surface area contributed by atoms with Crippen LogP contribution in [0.5, 0.6) is 0 Å². The molecule has 2 N–H and O–H groups in total. The topological polar surface area (TPSA) is 56.6 Å². The highest BCUT2D eigenvalue weighted by Gasteiger charge is 2.22. The van der Waals surface area contributed by atoms with Crippen molar-refractivity contribution in [1.29, 1.82) is 0 Å². The number of hydrogen-bond donors (Lipinski definition) is 2. The molecule has 5 heteroatoms. The fraction of sp³-hybridized carbons (Fsp3) is 0.643. The summed E-state index contributed by atoms with van der Waals surface area (Å²) in [7, 11) is 0. The molecule has 0 amide bonds. The predicted molar refractivity (Wildman–Crippen MR) is 76.5 cm³/mol. The first-order valence-electron chi connectivity index (χ1n) is 6.89. The van der Waals surface area contributed by atoms with Crippen LogP contribution in [0.3, 0.4) is 0 Å². The van der Waals surface area contributed by atoms with E-state index >= 15 is 0 Å². The molecule has 2 rings (SSSR count). The van der Waals surface area contributed by atoms with Crippen LogP contribution in [0.4, 0.5) is 5.82 Å². The van der Waals surface area contributed by atoms with Crippen LogP contribution in [0.1, 0.15) is 37.7 Å². The summed E-state index contributed by atoms with van der Waals surface area (Å²) in [5.74, 6) is 0.800. The molecule has 0 saturated heterocycles. The van der Waals surface area contributed by atoms with Crippen LogP contribution in [-0.4, -0.2) is 34.4 Å². The van der Waals surface area contributed by atoms with Crippen molar-refractivity contribution >= 4 is 17.4 Å². The molecule has 106 valence electrons. The van der Waals surface area contributed by atoms with Crippen molar-refractivity contribution in [2.24, 2.45) is 0 Å². The minimum absolute atomic E-state index is 0.0913. The maximum Gasteiger partial charge on any atom is 0.129 e. The van der Waals surface area contributed by atoms with Crippen LogP contribution < -0.4 is 4.90 Å². The molecule has 4 nitrogen and oxygen atoms in total. The van der Waals surface area contributed by atoms with E-state index in [2.05, 4.69) is 9.88 Å². The zero-order valence-electron chi connectivity index (χ0n) is 11.1. The summed E-state index contributed by atoms with van der Waals surface area (Å²) >= 11 is 5.97. The number of nitrogens with zero attached hydrogens (tertiary/aromatic N) is 2. The Morgan fingerprint density at radius 3 is 2.63 bits per heavy atom. The van der Waals surface area contributed by atoms with Crippen molar-refractivity contribution in [1.82, 2.24) is 4.98 Å². The van der Waals surface area contributed by atoms with Gasteiger partial charge in [-0.05, 0) is 18.9 Å². The smallest absolute Gasteiger partial charge is 0.129 e. The standard InChI is InChI=1S/C14H21ClN2O2/c15-13-9-16-14(8-11(13)10-19)17(6-7-18)12-4-2-1-3-5-12/h8-9,12,18-19H,1-7,10H2. The first-order chi connectivity index (χ1) is 9.26. The highest BCUT2D eigenvalue weighted by Crippen LogP contribution is 2.28. The van der Waals surface area contributed by atoms with Crippen LogP contribution in [0, 0.1) is 0 Å². The number of halogens is 1. The molecular weight excluding hydrogens is 264 g/mol. The van der Waals surface area contributed by atoms with Gasteiger partial charge in [0, 0.05) is 24.3 Å². The lowest BCUT2D eigenvalue weighted by Crippen LogP contribution is -2.39. The van der Waals surface area contributed by atoms with E-state index in [1.807, 2.05) is 6.07 Å². The van der Waals surface area contributed by atoms with Crippen molar-refractivity contribution in [2.75, 3.05) is 18.1 Å². The molecule has 19 heavy (non-hydrogen) atoms. The molecule has 1 aromatic heterocycles. The molecule has 1 fully saturated rings. The van der Waals surface area contributed by atoms with E-state index in [9.17, 15) is 10.2 Å². The Kier molecular flexibility index (Phi) is 5.43. The predicted octanol–water partition coefficient (Wildman–Crippen LogP) is 2.36. The quantitative estimate of drug-likeness (QED) is 0.871. The molecule has 1 aliphatic carbocycles. The Labute approximate surface area is 119 Å². The molecule has 1 aliphatic rings. The fourth-order valence-electron chi connectivity index (χ4n) is 2.73. The van der Waals surface area contributed by atoms with Gasteiger partial charge in [-0.15, -0.1) is 0 Å². The second kappa shape index (κ2) is 7.08. The Morgan fingerprint density at radius 2 is 2.00 bits per heavy atom. The monoisotopic (exact) mass is 284 g/mol. The molecular formula is C14H21ClN2O2. The summed E-state index contributed by atoms with van der Waals surface area (Å²) in [5, 5.41) is 19.0. The van der Waals surface area contributed by atoms with Crippen LogP contribution in [-0.2, 0) is 6.61 Å². The summed E-state index contributed by atoms with van der Waals surface area (Å²) < 4.78 is 0. The summed E-state index contributed by atoms with van der Waals surface area (Å²) in [4.78, 5) is 6.50. The highest BCUT2D eigenvalue weighted by atomic mass is 35.5. The van der Waals surface area contributed by atoms with Crippen molar-refractivity contribution in [3.8, 4) is 0 Å². The van der Waals surface area contributed by atoms with Gasteiger partial charge in [0.2, 0.25) is 0 Å². The van der Waals surface area contributed by atoms with Gasteiger partial charge in [0.15, 0.2) is 0 Å². The highest BCUT2D eigenvalue weighted by molar-refractivity contribution is 6.31. The van der Waals surface area contributed by atoms with Crippen molar-refractivity contribution < 1.29 is 10.2 Å². The fourth-order valence-corrected chi connectivity index (χ4v) is 2.89. The van der Waals surface area contributed by atoms with Gasteiger partial charge in [0.05, 0.1) is 18.2 Å². The second-order valence-corrected chi connectivity index (χ2v) is 5.41. The minimum atomic E-state index is -0.0913. The van der Waals surface area contributed by atoms with Crippen molar-refractivity contribution in [3.63, 3.8) is 0 Å². The Balaban J connectivity index is 2.22. The molecule has 1 aromatic rings. The van der Waals surface area contributed by atoms with Gasteiger partial charge < -0.3 is 15.1 Å². The van der Waals surface area contributed by atoms with Crippen molar-refractivity contribution in [2.45, 2.75) is 44.8 Å². The summed E-state index contributed by atoms with van der Waals surface area (Å²) in [5.41, 5.74) is 0.686. The van der Waals surface area contributed by atoms with Gasteiger partial charge in [0.25, 0.3) is 0 Å². The first-order valence-corrected chi connectivity index (χ1v) is 7.27. The van der Waals surface area contributed by atoms with E-state index in [0.717, 1.165) is 18.7 Å². The van der Waals surface area contributed by atoms with Crippen LogP contribution in [0.2, 0.25) is 5.02 Å². The van der Waals surface area contributed by atoms with E-state index in [0.29, 0.717) is 23.2 Å². The normalized spacial score (nSPS) is 16.6.